The number of hydrogen-bond donors (Lipinski definition) is 1. The number of nitrogens with zero attached hydrogens (tertiary/aromatic N) is 2. The summed E-state index contributed by atoms with van der Waals surface area (Å²) in [5.74, 6) is 0.541. The van der Waals surface area contributed by atoms with Crippen molar-refractivity contribution >= 4 is 17.7 Å². The Kier molecular flexibility index (Phi) is 5.84. The Labute approximate surface area is 154 Å². The third kappa shape index (κ3) is 4.27. The quantitative estimate of drug-likeness (QED) is 0.795. The third-order valence-corrected chi connectivity index (χ3v) is 5.50. The van der Waals surface area contributed by atoms with Gasteiger partial charge in [0.15, 0.2) is 5.16 Å². The minimum atomic E-state index is -0.162. The molecule has 1 atom stereocenters. The topological polar surface area (TPSA) is 46.9 Å². The molecule has 1 aliphatic carbocycles. The molecular formula is C20H27N3OS. The molecule has 0 spiro atoms. The molecule has 0 radical (unpaired) electrons. The summed E-state index contributed by atoms with van der Waals surface area (Å²) < 4.78 is 2.26. The normalized spacial score (nSPS) is 15.0. The highest BCUT2D eigenvalue weighted by Gasteiger charge is 2.24. The van der Waals surface area contributed by atoms with E-state index in [-0.39, 0.29) is 11.2 Å². The van der Waals surface area contributed by atoms with E-state index in [0.717, 1.165) is 23.7 Å². The largest absolute Gasteiger partial charge is 0.355 e. The summed E-state index contributed by atoms with van der Waals surface area (Å²) in [7, 11) is 0. The highest BCUT2D eigenvalue weighted by atomic mass is 32.2. The van der Waals surface area contributed by atoms with Gasteiger partial charge in [0.05, 0.1) is 10.9 Å². The Hall–Kier alpha value is -1.75. The molecule has 0 unspecified atom stereocenters. The molecule has 1 aromatic heterocycles. The molecular weight excluding hydrogens is 330 g/mol. The number of nitrogens with one attached hydrogen (secondary N) is 1. The van der Waals surface area contributed by atoms with Crippen molar-refractivity contribution in [2.75, 3.05) is 6.54 Å². The summed E-state index contributed by atoms with van der Waals surface area (Å²) in [6.07, 6.45) is 4.51. The van der Waals surface area contributed by atoms with Gasteiger partial charge in [-0.1, -0.05) is 43.8 Å². The average Bonchev–Trinajstić information content (AvgIpc) is 2.98. The van der Waals surface area contributed by atoms with E-state index in [9.17, 15) is 4.79 Å². The monoisotopic (exact) mass is 357 g/mol. The van der Waals surface area contributed by atoms with Crippen LogP contribution >= 0.6 is 11.8 Å². The molecule has 0 fully saturated rings. The summed E-state index contributed by atoms with van der Waals surface area (Å²) >= 11 is 1.56. The molecule has 0 saturated carbocycles. The molecule has 1 N–H and O–H groups in total. The van der Waals surface area contributed by atoms with Crippen LogP contribution < -0.4 is 5.32 Å². The first-order chi connectivity index (χ1) is 12.1. The van der Waals surface area contributed by atoms with Gasteiger partial charge in [0.2, 0.25) is 5.91 Å². The van der Waals surface area contributed by atoms with Crippen LogP contribution in [0.25, 0.3) is 5.69 Å². The number of amides is 1. The summed E-state index contributed by atoms with van der Waals surface area (Å²) in [5.41, 5.74) is 3.65. The van der Waals surface area contributed by atoms with Crippen LogP contribution in [-0.4, -0.2) is 27.3 Å². The number of rotatable bonds is 6. The van der Waals surface area contributed by atoms with Gasteiger partial charge >= 0.3 is 0 Å². The Balaban J connectivity index is 1.86. The van der Waals surface area contributed by atoms with Crippen molar-refractivity contribution in [3.8, 4) is 5.69 Å². The predicted molar refractivity (Wildman–Crippen MR) is 103 cm³/mol. The summed E-state index contributed by atoms with van der Waals surface area (Å²) in [5, 5.41) is 3.80. The van der Waals surface area contributed by atoms with Crippen LogP contribution in [0, 0.1) is 5.92 Å². The van der Waals surface area contributed by atoms with Gasteiger partial charge in [-0.15, -0.1) is 0 Å². The lowest BCUT2D eigenvalue weighted by Gasteiger charge is -2.17. The third-order valence-electron chi connectivity index (χ3n) is 4.45. The first-order valence-corrected chi connectivity index (χ1v) is 10.0. The lowest BCUT2D eigenvalue weighted by Crippen LogP contribution is -2.33. The predicted octanol–water partition coefficient (Wildman–Crippen LogP) is 4.00. The van der Waals surface area contributed by atoms with Gasteiger partial charge < -0.3 is 5.32 Å². The van der Waals surface area contributed by atoms with Crippen molar-refractivity contribution < 1.29 is 4.79 Å². The number of aromatic nitrogens is 2. The van der Waals surface area contributed by atoms with Crippen molar-refractivity contribution in [2.45, 2.75) is 56.9 Å². The lowest BCUT2D eigenvalue weighted by atomic mass is 10.0. The zero-order valence-corrected chi connectivity index (χ0v) is 16.1. The molecule has 0 saturated heterocycles. The van der Waals surface area contributed by atoms with Gasteiger partial charge in [0.1, 0.15) is 0 Å². The van der Waals surface area contributed by atoms with Crippen LogP contribution in [0.1, 0.15) is 45.0 Å². The fourth-order valence-corrected chi connectivity index (χ4v) is 4.09. The molecule has 1 amide bonds. The Bertz CT molecular complexity index is 724. The van der Waals surface area contributed by atoms with Crippen molar-refractivity contribution in [2.24, 2.45) is 5.92 Å². The van der Waals surface area contributed by atoms with Crippen LogP contribution in [0.4, 0.5) is 0 Å². The number of carbonyl (C=O) groups excluding carboxylic acids is 1. The second kappa shape index (κ2) is 8.09. The molecule has 1 aliphatic rings. The number of thioether (sulfide) groups is 1. The van der Waals surface area contributed by atoms with E-state index in [2.05, 4.69) is 48.0 Å². The van der Waals surface area contributed by atoms with E-state index in [4.69, 9.17) is 4.98 Å². The van der Waals surface area contributed by atoms with Gasteiger partial charge in [0, 0.05) is 17.9 Å². The minimum absolute atomic E-state index is 0.0827. The fraction of sp³-hybridized carbons (Fsp3) is 0.500. The van der Waals surface area contributed by atoms with Crippen molar-refractivity contribution in [3.05, 3.63) is 41.7 Å². The number of hydrogen-bond acceptors (Lipinski definition) is 3. The van der Waals surface area contributed by atoms with E-state index in [1.165, 1.54) is 24.2 Å². The summed E-state index contributed by atoms with van der Waals surface area (Å²) in [6.45, 7) is 6.89. The molecule has 3 rings (SSSR count). The number of aryl methyl sites for hydroxylation is 1. The van der Waals surface area contributed by atoms with Crippen molar-refractivity contribution in [1.82, 2.24) is 14.9 Å². The van der Waals surface area contributed by atoms with E-state index < -0.39 is 0 Å². The second-order valence-corrected chi connectivity index (χ2v) is 8.37. The van der Waals surface area contributed by atoms with E-state index in [1.54, 1.807) is 11.8 Å². The maximum absolute atomic E-state index is 12.4. The highest BCUT2D eigenvalue weighted by Crippen LogP contribution is 2.32. The van der Waals surface area contributed by atoms with Gasteiger partial charge in [-0.2, -0.15) is 0 Å². The number of carbonyl (C=O) groups is 1. The molecule has 1 aromatic carbocycles. The fourth-order valence-electron chi connectivity index (χ4n) is 3.10. The lowest BCUT2D eigenvalue weighted by molar-refractivity contribution is -0.120. The Morgan fingerprint density at radius 2 is 1.92 bits per heavy atom. The van der Waals surface area contributed by atoms with Crippen LogP contribution in [0.2, 0.25) is 0 Å². The van der Waals surface area contributed by atoms with Crippen LogP contribution in [-0.2, 0) is 17.6 Å². The van der Waals surface area contributed by atoms with Gasteiger partial charge in [-0.3, -0.25) is 9.36 Å². The van der Waals surface area contributed by atoms with Gasteiger partial charge in [-0.25, -0.2) is 4.98 Å². The Morgan fingerprint density at radius 1 is 1.20 bits per heavy atom. The van der Waals surface area contributed by atoms with Crippen LogP contribution in [0.3, 0.4) is 0 Å². The minimum Gasteiger partial charge on any atom is -0.355 e. The summed E-state index contributed by atoms with van der Waals surface area (Å²) in [6, 6.07) is 10.4. The molecule has 25 heavy (non-hydrogen) atoms. The van der Waals surface area contributed by atoms with Crippen LogP contribution in [0.5, 0.6) is 0 Å². The summed E-state index contributed by atoms with van der Waals surface area (Å²) in [4.78, 5) is 17.3. The van der Waals surface area contributed by atoms with E-state index >= 15 is 0 Å². The Morgan fingerprint density at radius 3 is 2.64 bits per heavy atom. The maximum Gasteiger partial charge on any atom is 0.233 e. The number of para-hydroxylation sites is 1. The maximum atomic E-state index is 12.4. The molecule has 134 valence electrons. The number of imidazole rings is 1. The van der Waals surface area contributed by atoms with Crippen LogP contribution in [0.15, 0.2) is 35.5 Å². The zero-order valence-electron chi connectivity index (χ0n) is 15.3. The van der Waals surface area contributed by atoms with Crippen molar-refractivity contribution in [3.63, 3.8) is 0 Å². The van der Waals surface area contributed by atoms with E-state index in [0.29, 0.717) is 12.5 Å². The average molecular weight is 358 g/mol. The molecule has 0 bridgehead atoms. The SMILES string of the molecule is CC(C)CNC(=O)[C@@H](C)Sc1nc2c(n1-c1ccccc1)CCCC2. The zero-order chi connectivity index (χ0) is 17.8. The van der Waals surface area contributed by atoms with Gasteiger partial charge in [0.25, 0.3) is 0 Å². The molecule has 1 heterocycles. The molecule has 0 aliphatic heterocycles. The molecule has 4 nitrogen and oxygen atoms in total. The standard InChI is InChI=1S/C20H27N3OS/c1-14(2)13-21-19(24)15(3)25-20-22-17-11-7-8-12-18(17)23(20)16-9-5-4-6-10-16/h4-6,9-10,14-15H,7-8,11-13H2,1-3H3,(H,21,24)/t15-/m1/s1. The number of benzene rings is 1. The van der Waals surface area contributed by atoms with E-state index in [1.807, 2.05) is 13.0 Å². The number of fused-ring (bicyclic) bond motifs is 1. The first kappa shape index (κ1) is 18.1. The highest BCUT2D eigenvalue weighted by molar-refractivity contribution is 8.00. The van der Waals surface area contributed by atoms with Crippen molar-refractivity contribution in [1.29, 1.82) is 0 Å². The molecule has 5 heteroatoms. The first-order valence-electron chi connectivity index (χ1n) is 9.16. The van der Waals surface area contributed by atoms with Gasteiger partial charge in [-0.05, 0) is 50.7 Å². The smallest absolute Gasteiger partial charge is 0.233 e. The molecule has 2 aromatic rings. The second-order valence-electron chi connectivity index (χ2n) is 7.06.